The van der Waals surface area contributed by atoms with Crippen LogP contribution in [-0.2, 0) is 4.79 Å². The van der Waals surface area contributed by atoms with E-state index in [9.17, 15) is 9.90 Å². The van der Waals surface area contributed by atoms with E-state index in [1.54, 1.807) is 4.90 Å². The van der Waals surface area contributed by atoms with Gasteiger partial charge in [0.1, 0.15) is 0 Å². The molecule has 1 fully saturated rings. The predicted octanol–water partition coefficient (Wildman–Crippen LogP) is 0.626. The second-order valence-corrected chi connectivity index (χ2v) is 3.52. The Bertz CT molecular complexity index is 170. The van der Waals surface area contributed by atoms with Crippen LogP contribution in [0.5, 0.6) is 0 Å². The Hall–Kier alpha value is -0.570. The van der Waals surface area contributed by atoms with Crippen LogP contribution in [0, 0.1) is 5.92 Å². The SMILES string of the molecule is CCN(C)C(=O)[C@@H]1CC[C@@H](O)C1. The van der Waals surface area contributed by atoms with E-state index in [0.29, 0.717) is 6.42 Å². The van der Waals surface area contributed by atoms with Crippen LogP contribution in [0.1, 0.15) is 26.2 Å². The number of rotatable bonds is 2. The van der Waals surface area contributed by atoms with Crippen LogP contribution < -0.4 is 0 Å². The normalized spacial score (nSPS) is 28.9. The van der Waals surface area contributed by atoms with Crippen molar-refractivity contribution in [2.45, 2.75) is 32.3 Å². The van der Waals surface area contributed by atoms with E-state index in [1.165, 1.54) is 0 Å². The summed E-state index contributed by atoms with van der Waals surface area (Å²) in [5.74, 6) is 0.263. The van der Waals surface area contributed by atoms with Gasteiger partial charge in [0.25, 0.3) is 0 Å². The summed E-state index contributed by atoms with van der Waals surface area (Å²) in [6, 6.07) is 0. The number of hydrogen-bond donors (Lipinski definition) is 1. The molecule has 1 rings (SSSR count). The molecule has 1 aliphatic rings. The van der Waals surface area contributed by atoms with Gasteiger partial charge in [-0.1, -0.05) is 0 Å². The Kier molecular flexibility index (Phi) is 3.09. The molecule has 1 amide bonds. The molecule has 0 aromatic rings. The third kappa shape index (κ3) is 1.97. The predicted molar refractivity (Wildman–Crippen MR) is 46.7 cm³/mol. The van der Waals surface area contributed by atoms with Crippen molar-refractivity contribution in [3.63, 3.8) is 0 Å². The molecule has 70 valence electrons. The summed E-state index contributed by atoms with van der Waals surface area (Å²) in [6.07, 6.45) is 2.05. The van der Waals surface area contributed by atoms with Gasteiger partial charge in [0, 0.05) is 19.5 Å². The van der Waals surface area contributed by atoms with Crippen molar-refractivity contribution in [2.75, 3.05) is 13.6 Å². The topological polar surface area (TPSA) is 40.5 Å². The molecular weight excluding hydrogens is 154 g/mol. The smallest absolute Gasteiger partial charge is 0.225 e. The summed E-state index contributed by atoms with van der Waals surface area (Å²) in [7, 11) is 1.81. The second-order valence-electron chi connectivity index (χ2n) is 3.52. The molecule has 0 bridgehead atoms. The summed E-state index contributed by atoms with van der Waals surface area (Å²) in [6.45, 7) is 2.72. The molecule has 3 nitrogen and oxygen atoms in total. The highest BCUT2D eigenvalue weighted by Crippen LogP contribution is 2.26. The van der Waals surface area contributed by atoms with Gasteiger partial charge >= 0.3 is 0 Å². The quantitative estimate of drug-likeness (QED) is 0.662. The monoisotopic (exact) mass is 171 g/mol. The zero-order valence-electron chi connectivity index (χ0n) is 7.79. The van der Waals surface area contributed by atoms with E-state index in [2.05, 4.69) is 0 Å². The highest BCUT2D eigenvalue weighted by atomic mass is 16.3. The minimum absolute atomic E-state index is 0.0740. The Morgan fingerprint density at radius 1 is 1.58 bits per heavy atom. The van der Waals surface area contributed by atoms with Crippen LogP contribution in [0.3, 0.4) is 0 Å². The summed E-state index contributed by atoms with van der Waals surface area (Å²) in [5, 5.41) is 9.23. The number of nitrogens with zero attached hydrogens (tertiary/aromatic N) is 1. The van der Waals surface area contributed by atoms with Crippen LogP contribution in [0.2, 0.25) is 0 Å². The molecule has 0 aromatic heterocycles. The first-order chi connectivity index (χ1) is 5.65. The molecule has 0 saturated heterocycles. The maximum absolute atomic E-state index is 11.5. The molecule has 1 aliphatic carbocycles. The Labute approximate surface area is 73.4 Å². The number of aliphatic hydroxyl groups excluding tert-OH is 1. The van der Waals surface area contributed by atoms with Gasteiger partial charge in [0.2, 0.25) is 5.91 Å². The standard InChI is InChI=1S/C9H17NO2/c1-3-10(2)9(12)7-4-5-8(11)6-7/h7-8,11H,3-6H2,1-2H3/t7-,8-/m1/s1. The molecule has 2 atom stereocenters. The van der Waals surface area contributed by atoms with Crippen molar-refractivity contribution in [3.05, 3.63) is 0 Å². The van der Waals surface area contributed by atoms with Crippen molar-refractivity contribution in [3.8, 4) is 0 Å². The first-order valence-corrected chi connectivity index (χ1v) is 4.58. The van der Waals surface area contributed by atoms with E-state index in [0.717, 1.165) is 19.4 Å². The molecule has 0 unspecified atom stereocenters. The van der Waals surface area contributed by atoms with Gasteiger partial charge in [-0.3, -0.25) is 4.79 Å². The van der Waals surface area contributed by atoms with Gasteiger partial charge in [0.05, 0.1) is 6.10 Å². The average Bonchev–Trinajstić information content (AvgIpc) is 2.49. The minimum Gasteiger partial charge on any atom is -0.393 e. The van der Waals surface area contributed by atoms with Gasteiger partial charge in [-0.2, -0.15) is 0 Å². The van der Waals surface area contributed by atoms with Gasteiger partial charge in [-0.15, -0.1) is 0 Å². The van der Waals surface area contributed by atoms with Crippen LogP contribution in [0.25, 0.3) is 0 Å². The molecule has 1 saturated carbocycles. The largest absolute Gasteiger partial charge is 0.393 e. The molecule has 0 aromatic carbocycles. The molecule has 3 heteroatoms. The lowest BCUT2D eigenvalue weighted by atomic mass is 10.1. The lowest BCUT2D eigenvalue weighted by Crippen LogP contribution is -2.31. The summed E-state index contributed by atoms with van der Waals surface area (Å²) in [4.78, 5) is 13.3. The lowest BCUT2D eigenvalue weighted by Gasteiger charge is -2.18. The highest BCUT2D eigenvalue weighted by molar-refractivity contribution is 5.78. The third-order valence-electron chi connectivity index (χ3n) is 2.60. The highest BCUT2D eigenvalue weighted by Gasteiger charge is 2.29. The minimum atomic E-state index is -0.246. The molecule has 0 aliphatic heterocycles. The van der Waals surface area contributed by atoms with Crippen LogP contribution >= 0.6 is 0 Å². The molecule has 12 heavy (non-hydrogen) atoms. The Morgan fingerprint density at radius 2 is 2.25 bits per heavy atom. The zero-order valence-corrected chi connectivity index (χ0v) is 7.79. The van der Waals surface area contributed by atoms with Crippen LogP contribution in [0.4, 0.5) is 0 Å². The second kappa shape index (κ2) is 3.90. The van der Waals surface area contributed by atoms with Crippen molar-refractivity contribution in [1.29, 1.82) is 0 Å². The van der Waals surface area contributed by atoms with Gasteiger partial charge in [-0.05, 0) is 26.2 Å². The first-order valence-electron chi connectivity index (χ1n) is 4.58. The summed E-state index contributed by atoms with van der Waals surface area (Å²) >= 11 is 0. The van der Waals surface area contributed by atoms with Gasteiger partial charge in [0.15, 0.2) is 0 Å². The fourth-order valence-corrected chi connectivity index (χ4v) is 1.65. The molecule has 1 N–H and O–H groups in total. The average molecular weight is 171 g/mol. The first kappa shape index (κ1) is 9.52. The molecule has 0 spiro atoms. The van der Waals surface area contributed by atoms with Crippen LogP contribution in [-0.4, -0.2) is 35.6 Å². The maximum Gasteiger partial charge on any atom is 0.225 e. The van der Waals surface area contributed by atoms with Gasteiger partial charge in [-0.25, -0.2) is 0 Å². The Morgan fingerprint density at radius 3 is 2.67 bits per heavy atom. The third-order valence-corrected chi connectivity index (χ3v) is 2.60. The molecule has 0 radical (unpaired) electrons. The van der Waals surface area contributed by atoms with E-state index in [4.69, 9.17) is 0 Å². The number of carbonyl (C=O) groups is 1. The Balaban J connectivity index is 2.43. The molecular formula is C9H17NO2. The summed E-state index contributed by atoms with van der Waals surface area (Å²) < 4.78 is 0. The maximum atomic E-state index is 11.5. The number of hydrogen-bond acceptors (Lipinski definition) is 2. The summed E-state index contributed by atoms with van der Waals surface area (Å²) in [5.41, 5.74) is 0. The number of aliphatic hydroxyl groups is 1. The van der Waals surface area contributed by atoms with Crippen molar-refractivity contribution < 1.29 is 9.90 Å². The van der Waals surface area contributed by atoms with E-state index in [1.807, 2.05) is 14.0 Å². The lowest BCUT2D eigenvalue weighted by molar-refractivity contribution is -0.134. The van der Waals surface area contributed by atoms with Crippen molar-refractivity contribution in [2.24, 2.45) is 5.92 Å². The zero-order chi connectivity index (χ0) is 9.14. The number of amides is 1. The van der Waals surface area contributed by atoms with E-state index in [-0.39, 0.29) is 17.9 Å². The fourth-order valence-electron chi connectivity index (χ4n) is 1.65. The van der Waals surface area contributed by atoms with E-state index < -0.39 is 0 Å². The van der Waals surface area contributed by atoms with Gasteiger partial charge < -0.3 is 10.0 Å². The van der Waals surface area contributed by atoms with Crippen molar-refractivity contribution in [1.82, 2.24) is 4.90 Å². The molecule has 0 heterocycles. The van der Waals surface area contributed by atoms with Crippen LogP contribution in [0.15, 0.2) is 0 Å². The van der Waals surface area contributed by atoms with E-state index >= 15 is 0 Å². The number of carbonyl (C=O) groups excluding carboxylic acids is 1. The fraction of sp³-hybridized carbons (Fsp3) is 0.889. The van der Waals surface area contributed by atoms with Crippen molar-refractivity contribution >= 4 is 5.91 Å².